The summed E-state index contributed by atoms with van der Waals surface area (Å²) in [6, 6.07) is 18.0. The number of halogens is 3. The molecule has 4 heteroatoms. The predicted molar refractivity (Wildman–Crippen MR) is 127 cm³/mol. The summed E-state index contributed by atoms with van der Waals surface area (Å²) in [6.45, 7) is 4.11. The summed E-state index contributed by atoms with van der Waals surface area (Å²) in [7, 11) is 0. The molecule has 1 aliphatic carbocycles. The van der Waals surface area contributed by atoms with Gasteiger partial charge < -0.3 is 4.74 Å². The number of rotatable bonds is 7. The van der Waals surface area contributed by atoms with Crippen molar-refractivity contribution in [3.05, 3.63) is 89.2 Å². The highest BCUT2D eigenvalue weighted by Crippen LogP contribution is 2.40. The lowest BCUT2D eigenvalue weighted by atomic mass is 9.75. The molecule has 1 unspecified atom stereocenters. The molecule has 0 saturated heterocycles. The molecule has 0 N–H and O–H groups in total. The minimum absolute atomic E-state index is 0.156. The highest BCUT2D eigenvalue weighted by Gasteiger charge is 2.25. The van der Waals surface area contributed by atoms with Crippen LogP contribution in [0.15, 0.2) is 60.7 Å². The van der Waals surface area contributed by atoms with E-state index in [4.69, 9.17) is 4.74 Å². The van der Waals surface area contributed by atoms with E-state index in [2.05, 4.69) is 37.3 Å². The van der Waals surface area contributed by atoms with Crippen LogP contribution in [0.2, 0.25) is 0 Å². The third kappa shape index (κ3) is 5.43. The van der Waals surface area contributed by atoms with E-state index in [0.717, 1.165) is 43.4 Å². The van der Waals surface area contributed by atoms with Gasteiger partial charge in [-0.2, -0.15) is 0 Å². The van der Waals surface area contributed by atoms with Gasteiger partial charge in [-0.1, -0.05) is 49.4 Å². The second-order valence-corrected chi connectivity index (χ2v) is 9.21. The van der Waals surface area contributed by atoms with Crippen LogP contribution in [0.25, 0.3) is 11.1 Å². The first-order valence-corrected chi connectivity index (χ1v) is 11.9. The first-order chi connectivity index (χ1) is 16.0. The summed E-state index contributed by atoms with van der Waals surface area (Å²) in [5, 5.41) is 0. The van der Waals surface area contributed by atoms with E-state index in [1.165, 1.54) is 12.0 Å². The second-order valence-electron chi connectivity index (χ2n) is 9.21. The van der Waals surface area contributed by atoms with Crippen LogP contribution in [-0.2, 0) is 0 Å². The van der Waals surface area contributed by atoms with Gasteiger partial charge in [0.05, 0.1) is 6.61 Å². The summed E-state index contributed by atoms with van der Waals surface area (Å²) in [5.41, 5.74) is 2.73. The van der Waals surface area contributed by atoms with Crippen molar-refractivity contribution in [3.63, 3.8) is 0 Å². The molecule has 1 saturated carbocycles. The van der Waals surface area contributed by atoms with Crippen molar-refractivity contribution in [2.24, 2.45) is 5.92 Å². The first kappa shape index (κ1) is 23.4. The van der Waals surface area contributed by atoms with Crippen LogP contribution < -0.4 is 4.74 Å². The number of hydrogen-bond acceptors (Lipinski definition) is 1. The third-order valence-corrected chi connectivity index (χ3v) is 6.96. The van der Waals surface area contributed by atoms with Gasteiger partial charge in [0, 0.05) is 5.56 Å². The molecule has 1 nitrogen and oxygen atoms in total. The van der Waals surface area contributed by atoms with Gasteiger partial charge >= 0.3 is 0 Å². The maximum absolute atomic E-state index is 15.0. The van der Waals surface area contributed by atoms with Crippen molar-refractivity contribution in [2.75, 3.05) is 6.61 Å². The summed E-state index contributed by atoms with van der Waals surface area (Å²) in [4.78, 5) is 0. The third-order valence-electron chi connectivity index (χ3n) is 6.96. The quantitative estimate of drug-likeness (QED) is 0.349. The van der Waals surface area contributed by atoms with Gasteiger partial charge in [-0.05, 0) is 91.7 Å². The van der Waals surface area contributed by atoms with E-state index in [0.29, 0.717) is 17.8 Å². The summed E-state index contributed by atoms with van der Waals surface area (Å²) in [5.74, 6) is -0.955. The molecule has 0 bridgehead atoms. The Morgan fingerprint density at radius 1 is 0.848 bits per heavy atom. The van der Waals surface area contributed by atoms with Crippen LogP contribution in [0, 0.1) is 23.4 Å². The minimum Gasteiger partial charge on any atom is -0.488 e. The Labute approximate surface area is 194 Å². The van der Waals surface area contributed by atoms with E-state index in [1.807, 2.05) is 6.07 Å². The van der Waals surface area contributed by atoms with Gasteiger partial charge in [-0.25, -0.2) is 13.2 Å². The van der Waals surface area contributed by atoms with Crippen LogP contribution in [0.3, 0.4) is 0 Å². The van der Waals surface area contributed by atoms with Crippen LogP contribution in [0.5, 0.6) is 5.75 Å². The predicted octanol–water partition coefficient (Wildman–Crippen LogP) is 8.64. The SMILES string of the molecule is CCOc1c(F)cc(-c2ccc(C3CCC(CC(C)c4ccccc4)CC3)cc2F)cc1F. The smallest absolute Gasteiger partial charge is 0.190 e. The highest BCUT2D eigenvalue weighted by atomic mass is 19.1. The summed E-state index contributed by atoms with van der Waals surface area (Å²) < 4.78 is 48.4. The molecule has 0 amide bonds. The van der Waals surface area contributed by atoms with Crippen LogP contribution in [0.4, 0.5) is 13.2 Å². The molecule has 3 aromatic rings. The van der Waals surface area contributed by atoms with Crippen LogP contribution >= 0.6 is 0 Å². The number of benzene rings is 3. The molecule has 174 valence electrons. The molecule has 33 heavy (non-hydrogen) atoms. The van der Waals surface area contributed by atoms with Crippen molar-refractivity contribution < 1.29 is 17.9 Å². The van der Waals surface area contributed by atoms with Crippen molar-refractivity contribution in [3.8, 4) is 16.9 Å². The average Bonchev–Trinajstić information content (AvgIpc) is 2.82. The standard InChI is InChI=1S/C29H31F3O/c1-3-33-29-27(31)17-24(18-28(29)32)25-14-13-23(16-26(25)30)22-11-9-20(10-12-22)15-19(2)21-7-5-4-6-8-21/h4-8,13-14,16-20,22H,3,9-12,15H2,1-2H3. The van der Waals surface area contributed by atoms with E-state index in [1.54, 1.807) is 19.1 Å². The van der Waals surface area contributed by atoms with Gasteiger partial charge in [0.25, 0.3) is 0 Å². The number of hydrogen-bond donors (Lipinski definition) is 0. The molecule has 0 spiro atoms. The van der Waals surface area contributed by atoms with Gasteiger partial charge in [0.2, 0.25) is 0 Å². The zero-order valence-electron chi connectivity index (χ0n) is 19.3. The lowest BCUT2D eigenvalue weighted by Gasteiger charge is -2.30. The van der Waals surface area contributed by atoms with Gasteiger partial charge in [-0.3, -0.25) is 0 Å². The zero-order chi connectivity index (χ0) is 23.4. The van der Waals surface area contributed by atoms with Gasteiger partial charge in [0.15, 0.2) is 17.4 Å². The first-order valence-electron chi connectivity index (χ1n) is 11.9. The van der Waals surface area contributed by atoms with Crippen molar-refractivity contribution in [2.45, 2.75) is 57.8 Å². The average molecular weight is 453 g/mol. The molecule has 0 aromatic heterocycles. The van der Waals surface area contributed by atoms with Crippen LogP contribution in [-0.4, -0.2) is 6.61 Å². The fraction of sp³-hybridized carbons (Fsp3) is 0.379. The molecule has 3 aromatic carbocycles. The Morgan fingerprint density at radius 3 is 2.12 bits per heavy atom. The Bertz CT molecular complexity index is 1050. The Hall–Kier alpha value is -2.75. The molecule has 4 rings (SSSR count). The summed E-state index contributed by atoms with van der Waals surface area (Å²) in [6.07, 6.45) is 5.54. The van der Waals surface area contributed by atoms with Crippen molar-refractivity contribution in [1.82, 2.24) is 0 Å². The molecule has 0 heterocycles. The molecule has 0 radical (unpaired) electrons. The maximum atomic E-state index is 15.0. The number of ether oxygens (including phenoxy) is 1. The largest absolute Gasteiger partial charge is 0.488 e. The Morgan fingerprint density at radius 2 is 1.52 bits per heavy atom. The van der Waals surface area contributed by atoms with Gasteiger partial charge in [0.1, 0.15) is 5.82 Å². The lowest BCUT2D eigenvalue weighted by Crippen LogP contribution is -2.15. The van der Waals surface area contributed by atoms with E-state index in [-0.39, 0.29) is 17.7 Å². The highest BCUT2D eigenvalue weighted by molar-refractivity contribution is 5.66. The van der Waals surface area contributed by atoms with Crippen molar-refractivity contribution >= 4 is 0 Å². The molecule has 1 fully saturated rings. The van der Waals surface area contributed by atoms with Crippen LogP contribution in [0.1, 0.15) is 68.9 Å². The lowest BCUT2D eigenvalue weighted by molar-refractivity contribution is 0.297. The molecular formula is C29H31F3O. The molecule has 0 aliphatic heterocycles. The topological polar surface area (TPSA) is 9.23 Å². The van der Waals surface area contributed by atoms with E-state index >= 15 is 0 Å². The van der Waals surface area contributed by atoms with Crippen molar-refractivity contribution in [1.29, 1.82) is 0 Å². The normalized spacial score (nSPS) is 19.3. The Balaban J connectivity index is 1.41. The molecule has 1 aliphatic rings. The monoisotopic (exact) mass is 452 g/mol. The summed E-state index contributed by atoms with van der Waals surface area (Å²) >= 11 is 0. The van der Waals surface area contributed by atoms with E-state index in [9.17, 15) is 13.2 Å². The van der Waals surface area contributed by atoms with Gasteiger partial charge in [-0.15, -0.1) is 0 Å². The Kier molecular flexibility index (Phi) is 7.42. The molecular weight excluding hydrogens is 421 g/mol. The fourth-order valence-electron chi connectivity index (χ4n) is 5.17. The molecule has 1 atom stereocenters. The maximum Gasteiger partial charge on any atom is 0.190 e. The zero-order valence-corrected chi connectivity index (χ0v) is 19.3. The fourth-order valence-corrected chi connectivity index (χ4v) is 5.17. The minimum atomic E-state index is -0.821. The second kappa shape index (κ2) is 10.5. The van der Waals surface area contributed by atoms with E-state index < -0.39 is 23.2 Å².